The fourth-order valence-electron chi connectivity index (χ4n) is 2.07. The molecule has 0 aromatic carbocycles. The van der Waals surface area contributed by atoms with Crippen LogP contribution in [0.3, 0.4) is 0 Å². The van der Waals surface area contributed by atoms with Crippen molar-refractivity contribution in [3.63, 3.8) is 0 Å². The Morgan fingerprint density at radius 1 is 1.25 bits per heavy atom. The summed E-state index contributed by atoms with van der Waals surface area (Å²) in [6.07, 6.45) is 7.29. The summed E-state index contributed by atoms with van der Waals surface area (Å²) in [5.41, 5.74) is 0. The normalized spacial score (nSPS) is 16.0. The second kappa shape index (κ2) is 11.8. The molecule has 0 aromatic rings. The number of aldehydes is 1. The Bertz CT molecular complexity index is 297. The van der Waals surface area contributed by atoms with Crippen LogP contribution in [0.15, 0.2) is 12.2 Å². The smallest absolute Gasteiger partial charge is 0.155 e. The fourth-order valence-corrected chi connectivity index (χ4v) is 2.07. The number of unbranched alkanes of at least 4 members (excludes halogenated alkanes) is 2. The van der Waals surface area contributed by atoms with Crippen molar-refractivity contribution in [2.24, 2.45) is 5.92 Å². The molecule has 0 aliphatic heterocycles. The van der Waals surface area contributed by atoms with E-state index in [0.717, 1.165) is 25.5 Å². The van der Waals surface area contributed by atoms with Crippen LogP contribution in [0, 0.1) is 5.92 Å². The highest BCUT2D eigenvalue weighted by atomic mass is 16.3. The number of aliphatic hydroxyl groups is 2. The summed E-state index contributed by atoms with van der Waals surface area (Å²) in [6, 6.07) is 0. The van der Waals surface area contributed by atoms with Crippen molar-refractivity contribution in [3.05, 3.63) is 12.2 Å². The van der Waals surface area contributed by atoms with Crippen LogP contribution in [0.4, 0.5) is 0 Å². The van der Waals surface area contributed by atoms with Crippen LogP contribution >= 0.6 is 0 Å². The molecule has 0 amide bonds. The second-order valence-corrected chi connectivity index (χ2v) is 5.34. The minimum atomic E-state index is -0.727. The second-order valence-electron chi connectivity index (χ2n) is 5.34. The first kappa shape index (κ1) is 19.0. The summed E-state index contributed by atoms with van der Waals surface area (Å²) in [6.45, 7) is 3.70. The third kappa shape index (κ3) is 9.87. The summed E-state index contributed by atoms with van der Waals surface area (Å²) >= 11 is 0. The molecule has 0 bridgehead atoms. The lowest BCUT2D eigenvalue weighted by Crippen LogP contribution is -2.23. The number of carbonyl (C=O) groups is 2. The number of ketones is 1. The fraction of sp³-hybridized carbons (Fsp3) is 0.750. The van der Waals surface area contributed by atoms with Gasteiger partial charge in [-0.3, -0.25) is 4.79 Å². The molecule has 0 aliphatic carbocycles. The van der Waals surface area contributed by atoms with Crippen molar-refractivity contribution in [3.8, 4) is 0 Å². The molecule has 0 heterocycles. The van der Waals surface area contributed by atoms with Gasteiger partial charge in [0, 0.05) is 18.8 Å². The molecule has 0 saturated carbocycles. The number of carbonyl (C=O) groups excluding carboxylic acids is 2. The molecule has 0 aliphatic rings. The van der Waals surface area contributed by atoms with Crippen LogP contribution in [-0.4, -0.2) is 34.5 Å². The van der Waals surface area contributed by atoms with Crippen LogP contribution in [0.1, 0.15) is 58.8 Å². The van der Waals surface area contributed by atoms with E-state index in [0.29, 0.717) is 19.3 Å². The van der Waals surface area contributed by atoms with Crippen LogP contribution in [0.5, 0.6) is 0 Å². The Hall–Kier alpha value is -1.00. The molecule has 0 saturated heterocycles. The van der Waals surface area contributed by atoms with Crippen molar-refractivity contribution in [1.82, 2.24) is 0 Å². The zero-order chi connectivity index (χ0) is 15.4. The predicted octanol–water partition coefficient (Wildman–Crippen LogP) is 2.42. The Kier molecular flexibility index (Phi) is 11.2. The summed E-state index contributed by atoms with van der Waals surface area (Å²) < 4.78 is 0. The van der Waals surface area contributed by atoms with Crippen molar-refractivity contribution in [1.29, 1.82) is 0 Å². The van der Waals surface area contributed by atoms with E-state index in [2.05, 4.69) is 6.92 Å². The van der Waals surface area contributed by atoms with Gasteiger partial charge in [-0.15, -0.1) is 0 Å². The van der Waals surface area contributed by atoms with E-state index in [-0.39, 0.29) is 18.1 Å². The monoisotopic (exact) mass is 284 g/mol. The van der Waals surface area contributed by atoms with Gasteiger partial charge >= 0.3 is 0 Å². The summed E-state index contributed by atoms with van der Waals surface area (Å²) in [5, 5.41) is 19.3. The molecule has 20 heavy (non-hydrogen) atoms. The molecule has 0 rings (SSSR count). The lowest BCUT2D eigenvalue weighted by Gasteiger charge is -2.20. The quantitative estimate of drug-likeness (QED) is 0.328. The zero-order valence-corrected chi connectivity index (χ0v) is 12.6. The van der Waals surface area contributed by atoms with E-state index >= 15 is 0 Å². The first-order valence-corrected chi connectivity index (χ1v) is 7.52. The van der Waals surface area contributed by atoms with Gasteiger partial charge in [-0.25, -0.2) is 0 Å². The lowest BCUT2D eigenvalue weighted by molar-refractivity contribution is -0.114. The highest BCUT2D eigenvalue weighted by Gasteiger charge is 2.18. The third-order valence-corrected chi connectivity index (χ3v) is 3.25. The number of allylic oxidation sites excluding steroid dienone is 1. The minimum Gasteiger partial charge on any atom is -0.393 e. The number of hydrogen-bond acceptors (Lipinski definition) is 4. The summed E-state index contributed by atoms with van der Waals surface area (Å²) in [4.78, 5) is 22.1. The molecule has 2 N–H and O–H groups in total. The van der Waals surface area contributed by atoms with Crippen LogP contribution in [0.2, 0.25) is 0 Å². The van der Waals surface area contributed by atoms with Crippen molar-refractivity contribution in [2.75, 3.05) is 0 Å². The molecule has 0 spiro atoms. The average Bonchev–Trinajstić information content (AvgIpc) is 2.38. The van der Waals surface area contributed by atoms with Gasteiger partial charge in [0.2, 0.25) is 0 Å². The third-order valence-electron chi connectivity index (χ3n) is 3.25. The predicted molar refractivity (Wildman–Crippen MR) is 79.4 cm³/mol. The molecular formula is C16H28O4. The van der Waals surface area contributed by atoms with Gasteiger partial charge in [-0.05, 0) is 32.3 Å². The highest BCUT2D eigenvalue weighted by Crippen LogP contribution is 2.17. The number of hydrogen-bond donors (Lipinski definition) is 2. The number of rotatable bonds is 12. The molecular weight excluding hydrogens is 256 g/mol. The summed E-state index contributed by atoms with van der Waals surface area (Å²) in [7, 11) is 0. The molecule has 4 nitrogen and oxygen atoms in total. The van der Waals surface area contributed by atoms with Gasteiger partial charge in [-0.1, -0.05) is 25.8 Å². The average molecular weight is 284 g/mol. The largest absolute Gasteiger partial charge is 0.393 e. The van der Waals surface area contributed by atoms with Gasteiger partial charge < -0.3 is 15.0 Å². The molecule has 0 fully saturated rings. The van der Waals surface area contributed by atoms with Crippen molar-refractivity contribution >= 4 is 12.1 Å². The van der Waals surface area contributed by atoms with E-state index in [4.69, 9.17) is 0 Å². The maximum absolute atomic E-state index is 11.7. The van der Waals surface area contributed by atoms with E-state index in [1.807, 2.05) is 0 Å². The first-order chi connectivity index (χ1) is 9.51. The standard InChI is InChI=1S/C16H28O4/c1-3-4-5-8-15(19)10-9-14(7-6-11-17)16(20)12-13(2)18/h9-11,13-14,16,18,20H,3-8,12H2,1-2H3/b10-9+/t13-,14+,16-/m1/s1. The van der Waals surface area contributed by atoms with Gasteiger partial charge in [0.25, 0.3) is 0 Å². The molecule has 3 atom stereocenters. The van der Waals surface area contributed by atoms with E-state index in [1.54, 1.807) is 13.0 Å². The Balaban J connectivity index is 4.38. The van der Waals surface area contributed by atoms with Crippen molar-refractivity contribution in [2.45, 2.75) is 71.0 Å². The van der Waals surface area contributed by atoms with Crippen molar-refractivity contribution < 1.29 is 19.8 Å². The summed E-state index contributed by atoms with van der Waals surface area (Å²) in [5.74, 6) is -0.205. The highest BCUT2D eigenvalue weighted by molar-refractivity contribution is 5.89. The van der Waals surface area contributed by atoms with Crippen LogP contribution < -0.4 is 0 Å². The SMILES string of the molecule is CCCCCC(=O)/C=C/[C@H](CCC=O)[C@H](O)C[C@@H](C)O. The molecule has 0 radical (unpaired) electrons. The van der Waals surface area contributed by atoms with Crippen LogP contribution in [0.25, 0.3) is 0 Å². The van der Waals surface area contributed by atoms with Gasteiger partial charge in [0.1, 0.15) is 6.29 Å². The topological polar surface area (TPSA) is 74.6 Å². The molecule has 0 unspecified atom stereocenters. The molecule has 116 valence electrons. The van der Waals surface area contributed by atoms with E-state index < -0.39 is 12.2 Å². The Labute approximate surface area is 121 Å². The Morgan fingerprint density at radius 3 is 2.50 bits per heavy atom. The Morgan fingerprint density at radius 2 is 1.95 bits per heavy atom. The first-order valence-electron chi connectivity index (χ1n) is 7.52. The zero-order valence-electron chi connectivity index (χ0n) is 12.6. The minimum absolute atomic E-state index is 0.0544. The maximum atomic E-state index is 11.7. The maximum Gasteiger partial charge on any atom is 0.155 e. The number of aliphatic hydroxyl groups excluding tert-OH is 2. The van der Waals surface area contributed by atoms with Gasteiger partial charge in [0.15, 0.2) is 5.78 Å². The van der Waals surface area contributed by atoms with E-state index in [1.165, 1.54) is 6.08 Å². The molecule has 4 heteroatoms. The lowest BCUT2D eigenvalue weighted by atomic mass is 9.92. The molecule has 0 aromatic heterocycles. The van der Waals surface area contributed by atoms with E-state index in [9.17, 15) is 19.8 Å². The van der Waals surface area contributed by atoms with Gasteiger partial charge in [0.05, 0.1) is 12.2 Å². The van der Waals surface area contributed by atoms with Crippen LogP contribution in [-0.2, 0) is 9.59 Å². The van der Waals surface area contributed by atoms with Gasteiger partial charge in [-0.2, -0.15) is 0 Å².